The quantitative estimate of drug-likeness (QED) is 0.795. The van der Waals surface area contributed by atoms with Crippen LogP contribution >= 0.6 is 12.4 Å². The van der Waals surface area contributed by atoms with Crippen LogP contribution in [0.15, 0.2) is 23.1 Å². The van der Waals surface area contributed by atoms with E-state index in [1.807, 2.05) is 0 Å². The number of hydrogen-bond acceptors (Lipinski definition) is 6. The van der Waals surface area contributed by atoms with Crippen LogP contribution in [0, 0.1) is 17.1 Å². The molecule has 0 saturated carbocycles. The highest BCUT2D eigenvalue weighted by Gasteiger charge is 2.33. The molecule has 0 bridgehead atoms. The van der Waals surface area contributed by atoms with Crippen LogP contribution < -0.4 is 5.32 Å². The highest BCUT2D eigenvalue weighted by atomic mass is 35.5. The highest BCUT2D eigenvalue weighted by molar-refractivity contribution is 7.89. The molecule has 2 aliphatic heterocycles. The molecule has 2 aromatic rings. The first-order valence-corrected chi connectivity index (χ1v) is 10.3. The Morgan fingerprint density at radius 3 is 2.68 bits per heavy atom. The molecule has 8 nitrogen and oxygen atoms in total. The van der Waals surface area contributed by atoms with Gasteiger partial charge < -0.3 is 9.88 Å². The summed E-state index contributed by atoms with van der Waals surface area (Å²) < 4.78 is 42.7. The second-order valence-corrected chi connectivity index (χ2v) is 8.67. The third-order valence-electron chi connectivity index (χ3n) is 5.17. The molecule has 1 saturated heterocycles. The van der Waals surface area contributed by atoms with Crippen LogP contribution in [0.5, 0.6) is 0 Å². The van der Waals surface area contributed by atoms with Crippen molar-refractivity contribution >= 4 is 22.4 Å². The van der Waals surface area contributed by atoms with Crippen molar-refractivity contribution in [1.82, 2.24) is 24.4 Å². The molecule has 11 heteroatoms. The number of rotatable bonds is 3. The predicted molar refractivity (Wildman–Crippen MR) is 101 cm³/mol. The van der Waals surface area contributed by atoms with Crippen LogP contribution in [-0.4, -0.2) is 47.1 Å². The summed E-state index contributed by atoms with van der Waals surface area (Å²) in [5.41, 5.74) is -0.269. The molecule has 1 N–H and O–H groups in total. The fourth-order valence-electron chi connectivity index (χ4n) is 3.67. The van der Waals surface area contributed by atoms with E-state index in [2.05, 4.69) is 20.1 Å². The average molecular weight is 427 g/mol. The standard InChI is InChI=1S/C17H19FN6O2S.ClH/c18-15-2-1-14(9-13(15)10-19)27(25,26)23-6-3-12(4-7-23)17-22-21-16-11-20-5-8-24(16)17;/h1-2,9,12,20H,3-8,11H2;1H. The van der Waals surface area contributed by atoms with E-state index in [0.717, 1.165) is 36.9 Å². The number of fused-ring (bicyclic) bond motifs is 1. The van der Waals surface area contributed by atoms with E-state index in [1.54, 1.807) is 6.07 Å². The van der Waals surface area contributed by atoms with Gasteiger partial charge in [0, 0.05) is 32.1 Å². The zero-order valence-corrected chi connectivity index (χ0v) is 16.6. The molecule has 3 heterocycles. The van der Waals surface area contributed by atoms with Crippen molar-refractivity contribution in [1.29, 1.82) is 5.26 Å². The summed E-state index contributed by atoms with van der Waals surface area (Å²) in [7, 11) is -3.76. The van der Waals surface area contributed by atoms with Crippen molar-refractivity contribution in [3.05, 3.63) is 41.2 Å². The van der Waals surface area contributed by atoms with Gasteiger partial charge in [-0.1, -0.05) is 0 Å². The van der Waals surface area contributed by atoms with Gasteiger partial charge in [0.05, 0.1) is 17.0 Å². The first kappa shape index (κ1) is 20.7. The lowest BCUT2D eigenvalue weighted by Crippen LogP contribution is -2.39. The monoisotopic (exact) mass is 426 g/mol. The van der Waals surface area contributed by atoms with Crippen LogP contribution in [0.2, 0.25) is 0 Å². The lowest BCUT2D eigenvalue weighted by molar-refractivity contribution is 0.307. The molecule has 1 aromatic carbocycles. The van der Waals surface area contributed by atoms with Crippen molar-refractivity contribution in [2.75, 3.05) is 19.6 Å². The van der Waals surface area contributed by atoms with E-state index in [1.165, 1.54) is 10.4 Å². The second-order valence-electron chi connectivity index (χ2n) is 6.73. The predicted octanol–water partition coefficient (Wildman–Crippen LogP) is 1.38. The maximum Gasteiger partial charge on any atom is 0.243 e. The number of halogens is 2. The molecule has 0 aliphatic carbocycles. The number of sulfonamides is 1. The van der Waals surface area contributed by atoms with Crippen molar-refractivity contribution in [2.45, 2.75) is 36.7 Å². The third kappa shape index (κ3) is 3.63. The average Bonchev–Trinajstić information content (AvgIpc) is 3.12. The van der Waals surface area contributed by atoms with Gasteiger partial charge >= 0.3 is 0 Å². The minimum absolute atomic E-state index is 0. The molecule has 1 fully saturated rings. The Balaban J connectivity index is 0.00000225. The Bertz CT molecular complexity index is 1010. The summed E-state index contributed by atoms with van der Waals surface area (Å²) in [4.78, 5) is -0.0511. The molecule has 0 atom stereocenters. The summed E-state index contributed by atoms with van der Waals surface area (Å²) in [5.74, 6) is 1.29. The fraction of sp³-hybridized carbons (Fsp3) is 0.471. The molecule has 0 spiro atoms. The largest absolute Gasteiger partial charge is 0.312 e. The molecule has 0 amide bonds. The van der Waals surface area contributed by atoms with E-state index < -0.39 is 15.8 Å². The van der Waals surface area contributed by atoms with Crippen molar-refractivity contribution < 1.29 is 12.8 Å². The van der Waals surface area contributed by atoms with E-state index in [9.17, 15) is 12.8 Å². The first-order chi connectivity index (χ1) is 13.0. The SMILES string of the molecule is Cl.N#Cc1cc(S(=O)(=O)N2CCC(c3nnc4n3CCNC4)CC2)ccc1F. The summed E-state index contributed by atoms with van der Waals surface area (Å²) in [5, 5.41) is 20.7. The van der Waals surface area contributed by atoms with E-state index in [-0.39, 0.29) is 28.8 Å². The van der Waals surface area contributed by atoms with E-state index in [0.29, 0.717) is 32.5 Å². The van der Waals surface area contributed by atoms with Gasteiger partial charge in [0.1, 0.15) is 23.5 Å². The number of nitrogens with one attached hydrogen (secondary N) is 1. The van der Waals surface area contributed by atoms with Crippen LogP contribution in [-0.2, 0) is 23.1 Å². The number of nitrogens with zero attached hydrogens (tertiary/aromatic N) is 5. The van der Waals surface area contributed by atoms with Crippen molar-refractivity contribution in [2.24, 2.45) is 0 Å². The molecule has 4 rings (SSSR count). The van der Waals surface area contributed by atoms with Gasteiger partial charge in [0.15, 0.2) is 0 Å². The molecular weight excluding hydrogens is 407 g/mol. The van der Waals surface area contributed by atoms with Crippen LogP contribution in [0.3, 0.4) is 0 Å². The summed E-state index contributed by atoms with van der Waals surface area (Å²) in [6.45, 7) is 3.10. The number of aromatic nitrogens is 3. The van der Waals surface area contributed by atoms with Gasteiger partial charge in [-0.15, -0.1) is 22.6 Å². The van der Waals surface area contributed by atoms with Crippen LogP contribution in [0.1, 0.15) is 36.0 Å². The maximum atomic E-state index is 13.5. The molecule has 0 unspecified atom stereocenters. The Labute approximate surface area is 168 Å². The van der Waals surface area contributed by atoms with Crippen LogP contribution in [0.25, 0.3) is 0 Å². The number of nitriles is 1. The van der Waals surface area contributed by atoms with Crippen LogP contribution in [0.4, 0.5) is 4.39 Å². The smallest absolute Gasteiger partial charge is 0.243 e. The zero-order chi connectivity index (χ0) is 19.0. The molecule has 28 heavy (non-hydrogen) atoms. The minimum atomic E-state index is -3.76. The first-order valence-electron chi connectivity index (χ1n) is 8.83. The highest BCUT2D eigenvalue weighted by Crippen LogP contribution is 2.31. The van der Waals surface area contributed by atoms with Gasteiger partial charge in [-0.05, 0) is 31.0 Å². The van der Waals surface area contributed by atoms with Gasteiger partial charge in [0.25, 0.3) is 0 Å². The summed E-state index contributed by atoms with van der Waals surface area (Å²) in [6.07, 6.45) is 1.30. The minimum Gasteiger partial charge on any atom is -0.312 e. The van der Waals surface area contributed by atoms with Crippen molar-refractivity contribution in [3.63, 3.8) is 0 Å². The Morgan fingerprint density at radius 1 is 1.21 bits per heavy atom. The molecule has 150 valence electrons. The van der Waals surface area contributed by atoms with E-state index in [4.69, 9.17) is 5.26 Å². The zero-order valence-electron chi connectivity index (χ0n) is 15.0. The lowest BCUT2D eigenvalue weighted by Gasteiger charge is -2.31. The van der Waals surface area contributed by atoms with Gasteiger partial charge in [0.2, 0.25) is 10.0 Å². The molecular formula is C17H20ClFN6O2S. The number of benzene rings is 1. The normalized spacial score (nSPS) is 18.1. The Morgan fingerprint density at radius 2 is 1.96 bits per heavy atom. The second kappa shape index (κ2) is 8.13. The topological polar surface area (TPSA) is 104 Å². The van der Waals surface area contributed by atoms with Gasteiger partial charge in [-0.2, -0.15) is 9.57 Å². The number of piperidine rings is 1. The molecule has 1 aromatic heterocycles. The summed E-state index contributed by atoms with van der Waals surface area (Å²) >= 11 is 0. The lowest BCUT2D eigenvalue weighted by atomic mass is 9.97. The molecule has 0 radical (unpaired) electrons. The Hall–Kier alpha value is -2.06. The number of hydrogen-bond donors (Lipinski definition) is 1. The third-order valence-corrected chi connectivity index (χ3v) is 7.06. The van der Waals surface area contributed by atoms with Gasteiger partial charge in [-0.3, -0.25) is 0 Å². The Kier molecular flexibility index (Phi) is 6.00. The van der Waals surface area contributed by atoms with Gasteiger partial charge in [-0.25, -0.2) is 12.8 Å². The van der Waals surface area contributed by atoms with Crippen molar-refractivity contribution in [3.8, 4) is 6.07 Å². The summed E-state index contributed by atoms with van der Waals surface area (Å²) in [6, 6.07) is 5.01. The fourth-order valence-corrected chi connectivity index (χ4v) is 5.17. The molecule has 2 aliphatic rings. The van der Waals surface area contributed by atoms with E-state index >= 15 is 0 Å². The maximum absolute atomic E-state index is 13.5.